The van der Waals surface area contributed by atoms with Gasteiger partial charge in [-0.3, -0.25) is 4.79 Å². The van der Waals surface area contributed by atoms with Crippen LogP contribution in [0.5, 0.6) is 0 Å². The van der Waals surface area contributed by atoms with Gasteiger partial charge in [0.25, 0.3) is 0 Å². The largest absolute Gasteiger partial charge is 0.309 e. The van der Waals surface area contributed by atoms with Gasteiger partial charge in [0.15, 0.2) is 20.8 Å². The number of carbonyl (C=O) groups excluding carboxylic acids is 1. The second-order valence-electron chi connectivity index (χ2n) is 3.83. The summed E-state index contributed by atoms with van der Waals surface area (Å²) in [7, 11) is -3.06. The Kier molecular flexibility index (Phi) is 3.30. The van der Waals surface area contributed by atoms with Crippen LogP contribution in [-0.4, -0.2) is 36.0 Å². The highest BCUT2D eigenvalue weighted by molar-refractivity contribution is 7.91. The lowest BCUT2D eigenvalue weighted by Gasteiger charge is -2.07. The van der Waals surface area contributed by atoms with Gasteiger partial charge in [0.1, 0.15) is 0 Å². The number of amides is 1. The van der Waals surface area contributed by atoms with Gasteiger partial charge in [-0.25, -0.2) is 8.42 Å². The highest BCUT2D eigenvalue weighted by Gasteiger charge is 2.33. The van der Waals surface area contributed by atoms with Gasteiger partial charge in [-0.05, 0) is 18.6 Å². The lowest BCUT2D eigenvalue weighted by Crippen LogP contribution is -2.24. The Balaban J connectivity index is 2.01. The van der Waals surface area contributed by atoms with E-state index >= 15 is 0 Å². The van der Waals surface area contributed by atoms with Crippen LogP contribution >= 0.6 is 11.6 Å². The first-order valence-electron chi connectivity index (χ1n) is 4.97. The summed E-state index contributed by atoms with van der Waals surface area (Å²) in [4.78, 5) is 11.7. The number of carbonyl (C=O) groups is 1. The summed E-state index contributed by atoms with van der Waals surface area (Å²) in [5.41, 5.74) is 0. The van der Waals surface area contributed by atoms with Crippen LogP contribution in [-0.2, 0) is 14.6 Å². The van der Waals surface area contributed by atoms with Crippen molar-refractivity contribution in [1.29, 1.82) is 0 Å². The van der Waals surface area contributed by atoms with Crippen molar-refractivity contribution in [2.24, 2.45) is 5.92 Å². The molecule has 1 fully saturated rings. The number of anilines is 1. The Morgan fingerprint density at radius 2 is 2.18 bits per heavy atom. The minimum Gasteiger partial charge on any atom is -0.309 e. The molecule has 1 aliphatic rings. The third-order valence-corrected chi connectivity index (χ3v) is 4.46. The molecule has 1 aliphatic heterocycles. The monoisotopic (exact) mass is 275 g/mol. The molecule has 0 saturated carbocycles. The Morgan fingerprint density at radius 1 is 1.41 bits per heavy atom. The molecule has 1 unspecified atom stereocenters. The SMILES string of the molecule is O=C(Nc1ccc(Cl)nn1)C1CCS(=O)(=O)C1. The average molecular weight is 276 g/mol. The molecule has 0 bridgehead atoms. The fraction of sp³-hybridized carbons (Fsp3) is 0.444. The molecule has 2 rings (SSSR count). The van der Waals surface area contributed by atoms with Crippen molar-refractivity contribution in [3.63, 3.8) is 0 Å². The lowest BCUT2D eigenvalue weighted by molar-refractivity contribution is -0.119. The maximum absolute atomic E-state index is 11.7. The third kappa shape index (κ3) is 3.13. The third-order valence-electron chi connectivity index (χ3n) is 2.49. The summed E-state index contributed by atoms with van der Waals surface area (Å²) in [6, 6.07) is 3.01. The first-order chi connectivity index (χ1) is 7.96. The highest BCUT2D eigenvalue weighted by Crippen LogP contribution is 2.19. The van der Waals surface area contributed by atoms with Crippen LogP contribution < -0.4 is 5.32 Å². The first-order valence-corrected chi connectivity index (χ1v) is 7.17. The number of sulfone groups is 1. The first kappa shape index (κ1) is 12.3. The van der Waals surface area contributed by atoms with Gasteiger partial charge in [-0.2, -0.15) is 0 Å². The molecule has 1 amide bonds. The fourth-order valence-electron chi connectivity index (χ4n) is 1.61. The van der Waals surface area contributed by atoms with Gasteiger partial charge in [-0.1, -0.05) is 11.6 Å². The Labute approximate surface area is 103 Å². The van der Waals surface area contributed by atoms with E-state index in [-0.39, 0.29) is 28.4 Å². The maximum Gasteiger partial charge on any atom is 0.229 e. The van der Waals surface area contributed by atoms with Gasteiger partial charge >= 0.3 is 0 Å². The van der Waals surface area contributed by atoms with Crippen LogP contribution in [0.2, 0.25) is 5.15 Å². The van der Waals surface area contributed by atoms with Crippen LogP contribution in [0.4, 0.5) is 5.82 Å². The minimum absolute atomic E-state index is 0.0668. The molecule has 17 heavy (non-hydrogen) atoms. The molecule has 2 heterocycles. The Hall–Kier alpha value is -1.21. The van der Waals surface area contributed by atoms with Crippen molar-refractivity contribution in [3.8, 4) is 0 Å². The summed E-state index contributed by atoms with van der Waals surface area (Å²) in [5, 5.41) is 9.97. The van der Waals surface area contributed by atoms with Gasteiger partial charge in [0.2, 0.25) is 5.91 Å². The van der Waals surface area contributed by atoms with Gasteiger partial charge < -0.3 is 5.32 Å². The predicted octanol–water partition coefficient (Wildman–Crippen LogP) is 0.503. The zero-order valence-corrected chi connectivity index (χ0v) is 10.3. The minimum atomic E-state index is -3.06. The number of aromatic nitrogens is 2. The van der Waals surface area contributed by atoms with Crippen molar-refractivity contribution in [2.45, 2.75) is 6.42 Å². The zero-order chi connectivity index (χ0) is 12.5. The molecule has 0 radical (unpaired) electrons. The molecule has 0 aromatic carbocycles. The quantitative estimate of drug-likeness (QED) is 0.849. The molecule has 1 N–H and O–H groups in total. The number of rotatable bonds is 2. The van der Waals surface area contributed by atoms with E-state index in [2.05, 4.69) is 15.5 Å². The van der Waals surface area contributed by atoms with Crippen LogP contribution in [0.3, 0.4) is 0 Å². The van der Waals surface area contributed by atoms with E-state index in [0.717, 1.165) is 0 Å². The summed E-state index contributed by atoms with van der Waals surface area (Å²) in [6.45, 7) is 0. The second kappa shape index (κ2) is 4.58. The molecule has 1 atom stereocenters. The Bertz CT molecular complexity index is 529. The normalized spacial score (nSPS) is 22.3. The summed E-state index contributed by atoms with van der Waals surface area (Å²) < 4.78 is 22.4. The van der Waals surface area contributed by atoms with Crippen LogP contribution in [0, 0.1) is 5.92 Å². The Morgan fingerprint density at radius 3 is 2.71 bits per heavy atom. The summed E-state index contributed by atoms with van der Waals surface area (Å²) >= 11 is 5.55. The van der Waals surface area contributed by atoms with Crippen molar-refractivity contribution in [3.05, 3.63) is 17.3 Å². The standard InChI is InChI=1S/C9H10ClN3O3S/c10-7-1-2-8(13-12-7)11-9(14)6-3-4-17(15,16)5-6/h1-2,6H,3-5H2,(H,11,13,14). The molecule has 0 aliphatic carbocycles. The van der Waals surface area contributed by atoms with Crippen LogP contribution in [0.25, 0.3) is 0 Å². The molecule has 1 aromatic heterocycles. The van der Waals surface area contributed by atoms with E-state index < -0.39 is 15.8 Å². The van der Waals surface area contributed by atoms with Crippen molar-refractivity contribution < 1.29 is 13.2 Å². The number of halogens is 1. The summed E-state index contributed by atoms with van der Waals surface area (Å²) in [5.74, 6) is -0.610. The van der Waals surface area contributed by atoms with E-state index in [1.165, 1.54) is 12.1 Å². The molecule has 92 valence electrons. The molecule has 8 heteroatoms. The molecule has 1 aromatic rings. The number of nitrogens with one attached hydrogen (secondary N) is 1. The van der Waals surface area contributed by atoms with E-state index in [0.29, 0.717) is 6.42 Å². The number of nitrogens with zero attached hydrogens (tertiary/aromatic N) is 2. The average Bonchev–Trinajstić information content (AvgIpc) is 2.62. The lowest BCUT2D eigenvalue weighted by atomic mass is 10.1. The van der Waals surface area contributed by atoms with Crippen LogP contribution in [0.1, 0.15) is 6.42 Å². The molecule has 1 saturated heterocycles. The van der Waals surface area contributed by atoms with Crippen molar-refractivity contribution in [2.75, 3.05) is 16.8 Å². The van der Waals surface area contributed by atoms with E-state index in [1.807, 2.05) is 0 Å². The zero-order valence-electron chi connectivity index (χ0n) is 8.76. The second-order valence-corrected chi connectivity index (χ2v) is 6.45. The van der Waals surface area contributed by atoms with E-state index in [9.17, 15) is 13.2 Å². The molecular formula is C9H10ClN3O3S. The van der Waals surface area contributed by atoms with Gasteiger partial charge in [0, 0.05) is 0 Å². The fourth-order valence-corrected chi connectivity index (χ4v) is 3.45. The van der Waals surface area contributed by atoms with Crippen molar-refractivity contribution >= 4 is 33.2 Å². The van der Waals surface area contributed by atoms with Gasteiger partial charge in [0.05, 0.1) is 17.4 Å². The predicted molar refractivity (Wildman–Crippen MR) is 62.4 cm³/mol. The van der Waals surface area contributed by atoms with Crippen molar-refractivity contribution in [1.82, 2.24) is 10.2 Å². The van der Waals surface area contributed by atoms with E-state index in [1.54, 1.807) is 0 Å². The van der Waals surface area contributed by atoms with E-state index in [4.69, 9.17) is 11.6 Å². The highest BCUT2D eigenvalue weighted by atomic mass is 35.5. The summed E-state index contributed by atoms with van der Waals surface area (Å²) in [6.07, 6.45) is 0.356. The molecule has 6 nitrogen and oxygen atoms in total. The topological polar surface area (TPSA) is 89.0 Å². The molecular weight excluding hydrogens is 266 g/mol. The number of hydrogen-bond acceptors (Lipinski definition) is 5. The smallest absolute Gasteiger partial charge is 0.229 e. The number of hydrogen-bond donors (Lipinski definition) is 1. The van der Waals surface area contributed by atoms with Gasteiger partial charge in [-0.15, -0.1) is 10.2 Å². The maximum atomic E-state index is 11.7. The molecule has 0 spiro atoms. The van der Waals surface area contributed by atoms with Crippen LogP contribution in [0.15, 0.2) is 12.1 Å².